The molecule has 1 aromatic rings. The van der Waals surface area contributed by atoms with E-state index in [1.165, 1.54) is 32.1 Å². The summed E-state index contributed by atoms with van der Waals surface area (Å²) in [7, 11) is 0. The quantitative estimate of drug-likeness (QED) is 0.829. The second-order valence-electron chi connectivity index (χ2n) is 5.51. The van der Waals surface area contributed by atoms with E-state index in [-0.39, 0.29) is 0 Å². The number of nitriles is 1. The molecule has 3 heteroatoms. The summed E-state index contributed by atoms with van der Waals surface area (Å²) in [4.78, 5) is 6.89. The Hall–Kier alpha value is -1.56. The first-order valence-electron chi connectivity index (χ1n) is 7.37. The highest BCUT2D eigenvalue weighted by Crippen LogP contribution is 2.26. The van der Waals surface area contributed by atoms with Crippen LogP contribution < -0.4 is 4.90 Å². The van der Waals surface area contributed by atoms with Gasteiger partial charge >= 0.3 is 0 Å². The lowest BCUT2D eigenvalue weighted by atomic mass is 9.96. The Balaban J connectivity index is 2.14. The minimum absolute atomic E-state index is 0.708. The highest BCUT2D eigenvalue weighted by molar-refractivity contribution is 5.54. The van der Waals surface area contributed by atoms with Gasteiger partial charge in [0.25, 0.3) is 0 Å². The van der Waals surface area contributed by atoms with Gasteiger partial charge in [-0.25, -0.2) is 4.98 Å². The zero-order valence-corrected chi connectivity index (χ0v) is 12.0. The molecule has 1 fully saturated rings. The predicted molar refractivity (Wildman–Crippen MR) is 78.2 cm³/mol. The first-order valence-corrected chi connectivity index (χ1v) is 7.37. The summed E-state index contributed by atoms with van der Waals surface area (Å²) < 4.78 is 0. The normalized spacial score (nSPS) is 19.8. The molecular weight excluding hydrogens is 234 g/mol. The maximum absolute atomic E-state index is 9.23. The largest absolute Gasteiger partial charge is 0.356 e. The number of aryl methyl sites for hydroxylation is 1. The Morgan fingerprint density at radius 1 is 1.37 bits per heavy atom. The van der Waals surface area contributed by atoms with Gasteiger partial charge in [0.1, 0.15) is 11.9 Å². The van der Waals surface area contributed by atoms with Crippen LogP contribution in [0.4, 0.5) is 5.82 Å². The van der Waals surface area contributed by atoms with E-state index in [4.69, 9.17) is 0 Å². The molecule has 0 aliphatic carbocycles. The number of aromatic nitrogens is 1. The average molecular weight is 257 g/mol. The molecule has 1 saturated heterocycles. The standard InChI is InChI=1S/C16H23N3/c1-3-5-14-6-4-10-19(11-9-14)16-15(12-17)8-7-13(2)18-16/h7-8,14H,3-6,9-11H2,1-2H3. The average Bonchev–Trinajstić information content (AvgIpc) is 2.65. The van der Waals surface area contributed by atoms with Crippen LogP contribution >= 0.6 is 0 Å². The molecule has 102 valence electrons. The summed E-state index contributed by atoms with van der Waals surface area (Å²) in [5.41, 5.74) is 1.70. The fourth-order valence-corrected chi connectivity index (χ4v) is 2.95. The lowest BCUT2D eigenvalue weighted by Gasteiger charge is -2.23. The third kappa shape index (κ3) is 3.47. The van der Waals surface area contributed by atoms with Crippen molar-refractivity contribution in [3.8, 4) is 6.07 Å². The van der Waals surface area contributed by atoms with Gasteiger partial charge in [-0.3, -0.25) is 0 Å². The summed E-state index contributed by atoms with van der Waals surface area (Å²) >= 11 is 0. The van der Waals surface area contributed by atoms with Crippen molar-refractivity contribution >= 4 is 5.82 Å². The number of anilines is 1. The molecule has 0 bridgehead atoms. The van der Waals surface area contributed by atoms with E-state index in [9.17, 15) is 5.26 Å². The van der Waals surface area contributed by atoms with E-state index >= 15 is 0 Å². The van der Waals surface area contributed by atoms with Crippen molar-refractivity contribution in [2.75, 3.05) is 18.0 Å². The van der Waals surface area contributed by atoms with Crippen LogP contribution in [0.2, 0.25) is 0 Å². The van der Waals surface area contributed by atoms with Crippen LogP contribution in [0.1, 0.15) is 50.3 Å². The Labute approximate surface area is 116 Å². The Morgan fingerprint density at radius 3 is 2.95 bits per heavy atom. The van der Waals surface area contributed by atoms with Crippen LogP contribution in [0.5, 0.6) is 0 Å². The molecule has 1 unspecified atom stereocenters. The van der Waals surface area contributed by atoms with E-state index in [2.05, 4.69) is 22.9 Å². The van der Waals surface area contributed by atoms with Crippen molar-refractivity contribution < 1.29 is 0 Å². The van der Waals surface area contributed by atoms with Gasteiger partial charge in [0.05, 0.1) is 5.56 Å². The van der Waals surface area contributed by atoms with Crippen molar-refractivity contribution in [1.29, 1.82) is 5.26 Å². The molecule has 1 aromatic heterocycles. The number of hydrogen-bond acceptors (Lipinski definition) is 3. The van der Waals surface area contributed by atoms with E-state index in [0.717, 1.165) is 30.5 Å². The van der Waals surface area contributed by atoms with Crippen molar-refractivity contribution in [3.63, 3.8) is 0 Å². The van der Waals surface area contributed by atoms with Crippen LogP contribution in [0.3, 0.4) is 0 Å². The van der Waals surface area contributed by atoms with E-state index in [1.54, 1.807) is 0 Å². The molecule has 1 atom stereocenters. The first kappa shape index (κ1) is 13.9. The summed E-state index contributed by atoms with van der Waals surface area (Å²) in [6, 6.07) is 6.08. The Bertz CT molecular complexity index is 462. The van der Waals surface area contributed by atoms with Gasteiger partial charge in [-0.15, -0.1) is 0 Å². The van der Waals surface area contributed by atoms with Crippen molar-refractivity contribution in [3.05, 3.63) is 23.4 Å². The fourth-order valence-electron chi connectivity index (χ4n) is 2.95. The number of rotatable bonds is 3. The molecule has 2 heterocycles. The van der Waals surface area contributed by atoms with Gasteiger partial charge < -0.3 is 4.90 Å². The van der Waals surface area contributed by atoms with Crippen LogP contribution in [-0.4, -0.2) is 18.1 Å². The maximum Gasteiger partial charge on any atom is 0.146 e. The van der Waals surface area contributed by atoms with Crippen molar-refractivity contribution in [2.45, 2.75) is 46.0 Å². The molecule has 3 nitrogen and oxygen atoms in total. The number of nitrogens with zero attached hydrogens (tertiary/aromatic N) is 3. The molecule has 0 amide bonds. The monoisotopic (exact) mass is 257 g/mol. The van der Waals surface area contributed by atoms with Gasteiger partial charge in [-0.2, -0.15) is 5.26 Å². The minimum atomic E-state index is 0.708. The zero-order valence-electron chi connectivity index (χ0n) is 12.0. The van der Waals surface area contributed by atoms with Gasteiger partial charge in [0.2, 0.25) is 0 Å². The Kier molecular flexibility index (Phi) is 4.79. The van der Waals surface area contributed by atoms with E-state index in [0.29, 0.717) is 5.56 Å². The Morgan fingerprint density at radius 2 is 2.21 bits per heavy atom. The van der Waals surface area contributed by atoms with Gasteiger partial charge in [-0.05, 0) is 44.2 Å². The van der Waals surface area contributed by atoms with Crippen molar-refractivity contribution in [1.82, 2.24) is 4.98 Å². The third-order valence-electron chi connectivity index (χ3n) is 3.98. The molecule has 0 aromatic carbocycles. The summed E-state index contributed by atoms with van der Waals surface area (Å²) in [6.07, 6.45) is 6.37. The lowest BCUT2D eigenvalue weighted by molar-refractivity contribution is 0.435. The molecule has 1 aliphatic rings. The van der Waals surface area contributed by atoms with Crippen LogP contribution in [0, 0.1) is 24.2 Å². The maximum atomic E-state index is 9.23. The molecule has 0 saturated carbocycles. The SMILES string of the molecule is CCCC1CCCN(c2nc(C)ccc2C#N)CC1. The molecule has 1 aliphatic heterocycles. The van der Waals surface area contributed by atoms with Gasteiger partial charge in [-0.1, -0.05) is 19.8 Å². The highest BCUT2D eigenvalue weighted by atomic mass is 15.2. The molecule has 0 N–H and O–H groups in total. The van der Waals surface area contributed by atoms with Gasteiger partial charge in [0, 0.05) is 18.8 Å². The predicted octanol–water partition coefficient (Wildman–Crippen LogP) is 3.67. The zero-order chi connectivity index (χ0) is 13.7. The summed E-state index contributed by atoms with van der Waals surface area (Å²) in [5.74, 6) is 1.74. The summed E-state index contributed by atoms with van der Waals surface area (Å²) in [5, 5.41) is 9.23. The second-order valence-corrected chi connectivity index (χ2v) is 5.51. The topological polar surface area (TPSA) is 39.9 Å². The number of hydrogen-bond donors (Lipinski definition) is 0. The fraction of sp³-hybridized carbons (Fsp3) is 0.625. The van der Waals surface area contributed by atoms with Crippen LogP contribution in [0.15, 0.2) is 12.1 Å². The van der Waals surface area contributed by atoms with Crippen LogP contribution in [-0.2, 0) is 0 Å². The smallest absolute Gasteiger partial charge is 0.146 e. The van der Waals surface area contributed by atoms with Crippen molar-refractivity contribution in [2.24, 2.45) is 5.92 Å². The summed E-state index contributed by atoms with van der Waals surface area (Å²) in [6.45, 7) is 6.32. The molecule has 2 rings (SSSR count). The minimum Gasteiger partial charge on any atom is -0.356 e. The molecule has 0 radical (unpaired) electrons. The van der Waals surface area contributed by atoms with Crippen LogP contribution in [0.25, 0.3) is 0 Å². The lowest BCUT2D eigenvalue weighted by Crippen LogP contribution is -2.26. The van der Waals surface area contributed by atoms with Gasteiger partial charge in [0.15, 0.2) is 0 Å². The molecule has 19 heavy (non-hydrogen) atoms. The molecule has 0 spiro atoms. The third-order valence-corrected chi connectivity index (χ3v) is 3.98. The first-order chi connectivity index (χ1) is 9.24. The number of pyridine rings is 1. The van der Waals surface area contributed by atoms with E-state index in [1.807, 2.05) is 19.1 Å². The second kappa shape index (κ2) is 6.56. The van der Waals surface area contributed by atoms with E-state index < -0.39 is 0 Å². The molecular formula is C16H23N3. The highest BCUT2D eigenvalue weighted by Gasteiger charge is 2.19.